The van der Waals surface area contributed by atoms with Crippen molar-refractivity contribution in [2.45, 2.75) is 19.6 Å². The number of halogens is 2. The van der Waals surface area contributed by atoms with Gasteiger partial charge in [0.1, 0.15) is 12.1 Å². The second kappa shape index (κ2) is 4.84. The molecule has 0 aliphatic heterocycles. The summed E-state index contributed by atoms with van der Waals surface area (Å²) in [6.45, 7) is -1.86. The summed E-state index contributed by atoms with van der Waals surface area (Å²) in [5.74, 6) is 0.290. The van der Waals surface area contributed by atoms with Crippen molar-refractivity contribution in [1.82, 2.24) is 20.0 Å². The molecular weight excluding hydrogens is 218 g/mol. The van der Waals surface area contributed by atoms with Crippen molar-refractivity contribution in [2.24, 2.45) is 0 Å². The molecule has 86 valence electrons. The largest absolute Gasteiger partial charge is 0.364 e. The number of nitrogens with one attached hydrogen (secondary N) is 1. The van der Waals surface area contributed by atoms with Crippen LogP contribution >= 0.6 is 0 Å². The van der Waals surface area contributed by atoms with E-state index < -0.39 is 6.55 Å². The summed E-state index contributed by atoms with van der Waals surface area (Å²) in [4.78, 5) is 3.83. The maximum atomic E-state index is 12.4. The molecule has 2 aromatic heterocycles. The predicted molar refractivity (Wildman–Crippen MR) is 50.5 cm³/mol. The van der Waals surface area contributed by atoms with Crippen molar-refractivity contribution in [3.8, 4) is 0 Å². The van der Waals surface area contributed by atoms with Gasteiger partial charge in [-0.25, -0.2) is 4.98 Å². The van der Waals surface area contributed by atoms with Crippen LogP contribution in [0.4, 0.5) is 8.78 Å². The Kier molecular flexibility index (Phi) is 3.25. The molecule has 0 aliphatic carbocycles. The predicted octanol–water partition coefficient (Wildman–Crippen LogP) is 1.56. The first-order valence-electron chi connectivity index (χ1n) is 4.67. The van der Waals surface area contributed by atoms with E-state index in [1.807, 2.05) is 0 Å². The highest BCUT2D eigenvalue weighted by atomic mass is 19.3. The fourth-order valence-electron chi connectivity index (χ4n) is 1.29. The van der Waals surface area contributed by atoms with Gasteiger partial charge in [0.25, 0.3) is 0 Å². The van der Waals surface area contributed by atoms with E-state index in [0.717, 1.165) is 10.3 Å². The Hall–Kier alpha value is -1.76. The van der Waals surface area contributed by atoms with Crippen LogP contribution in [0.1, 0.15) is 18.1 Å². The van der Waals surface area contributed by atoms with Gasteiger partial charge in [-0.1, -0.05) is 5.16 Å². The smallest absolute Gasteiger partial charge is 0.319 e. The molecule has 16 heavy (non-hydrogen) atoms. The molecule has 0 radical (unpaired) electrons. The monoisotopic (exact) mass is 228 g/mol. The van der Waals surface area contributed by atoms with Gasteiger partial charge in [-0.3, -0.25) is 4.57 Å². The highest BCUT2D eigenvalue weighted by Gasteiger charge is 2.10. The first kappa shape index (κ1) is 10.7. The standard InChI is InChI=1S/C9H10F2N4O/c10-9(11)15-3-2-13-8(15)6-12-5-7-1-4-16-14-7/h1-4,9,12H,5-6H2. The number of alkyl halides is 2. The first-order chi connectivity index (χ1) is 7.77. The number of nitrogens with zero attached hydrogens (tertiary/aromatic N) is 3. The second-order valence-corrected chi connectivity index (χ2v) is 3.12. The minimum Gasteiger partial charge on any atom is -0.364 e. The third-order valence-corrected chi connectivity index (χ3v) is 2.04. The van der Waals surface area contributed by atoms with Gasteiger partial charge < -0.3 is 9.84 Å². The molecule has 0 aromatic carbocycles. The van der Waals surface area contributed by atoms with Crippen LogP contribution < -0.4 is 5.32 Å². The molecule has 1 N–H and O–H groups in total. The van der Waals surface area contributed by atoms with Crippen LogP contribution in [0.15, 0.2) is 29.2 Å². The zero-order valence-corrected chi connectivity index (χ0v) is 8.31. The van der Waals surface area contributed by atoms with Crippen molar-refractivity contribution in [3.63, 3.8) is 0 Å². The van der Waals surface area contributed by atoms with Gasteiger partial charge in [-0.05, 0) is 0 Å². The Morgan fingerprint density at radius 3 is 3.00 bits per heavy atom. The molecule has 0 unspecified atom stereocenters. The summed E-state index contributed by atoms with van der Waals surface area (Å²) in [6.07, 6.45) is 4.05. The van der Waals surface area contributed by atoms with Gasteiger partial charge >= 0.3 is 6.55 Å². The van der Waals surface area contributed by atoms with E-state index in [9.17, 15) is 8.78 Å². The lowest BCUT2D eigenvalue weighted by Gasteiger charge is -2.06. The van der Waals surface area contributed by atoms with Gasteiger partial charge in [-0.15, -0.1) is 0 Å². The molecule has 0 aliphatic rings. The molecule has 7 heteroatoms. The zero-order chi connectivity index (χ0) is 11.4. The fourth-order valence-corrected chi connectivity index (χ4v) is 1.29. The average Bonchev–Trinajstić information content (AvgIpc) is 2.87. The summed E-state index contributed by atoms with van der Waals surface area (Å²) >= 11 is 0. The lowest BCUT2D eigenvalue weighted by molar-refractivity contribution is 0.0666. The fraction of sp³-hybridized carbons (Fsp3) is 0.333. The molecule has 2 aromatic rings. The molecule has 0 atom stereocenters. The number of hydrogen-bond donors (Lipinski definition) is 1. The van der Waals surface area contributed by atoms with Crippen molar-refractivity contribution < 1.29 is 13.3 Å². The lowest BCUT2D eigenvalue weighted by Crippen LogP contribution is -2.17. The minimum absolute atomic E-state index is 0.254. The van der Waals surface area contributed by atoms with Crippen LogP contribution in [0.5, 0.6) is 0 Å². The van der Waals surface area contributed by atoms with E-state index in [-0.39, 0.29) is 6.54 Å². The summed E-state index contributed by atoms with van der Waals surface area (Å²) in [5, 5.41) is 6.63. The molecule has 5 nitrogen and oxygen atoms in total. The first-order valence-corrected chi connectivity index (χ1v) is 4.67. The van der Waals surface area contributed by atoms with E-state index in [1.165, 1.54) is 18.7 Å². The maximum Gasteiger partial charge on any atom is 0.319 e. The molecule has 2 heterocycles. The molecule has 0 bridgehead atoms. The van der Waals surface area contributed by atoms with Gasteiger partial charge in [0.15, 0.2) is 0 Å². The van der Waals surface area contributed by atoms with E-state index in [1.54, 1.807) is 6.07 Å². The van der Waals surface area contributed by atoms with Gasteiger partial charge in [0.2, 0.25) is 0 Å². The highest BCUT2D eigenvalue weighted by Crippen LogP contribution is 2.11. The SMILES string of the molecule is FC(F)n1ccnc1CNCc1ccon1. The molecule has 0 amide bonds. The Morgan fingerprint density at radius 1 is 1.44 bits per heavy atom. The van der Waals surface area contributed by atoms with Crippen LogP contribution in [0, 0.1) is 0 Å². The summed E-state index contributed by atoms with van der Waals surface area (Å²) in [5.41, 5.74) is 0.718. The molecule has 2 rings (SSSR count). The Morgan fingerprint density at radius 2 is 2.31 bits per heavy atom. The van der Waals surface area contributed by atoms with Crippen LogP contribution in [0.3, 0.4) is 0 Å². The van der Waals surface area contributed by atoms with Gasteiger partial charge in [-0.2, -0.15) is 8.78 Å². The van der Waals surface area contributed by atoms with Crippen LogP contribution in [0.25, 0.3) is 0 Å². The molecule has 0 saturated carbocycles. The highest BCUT2D eigenvalue weighted by molar-refractivity contribution is 4.96. The Labute approximate surface area is 90.1 Å². The lowest BCUT2D eigenvalue weighted by atomic mass is 10.4. The second-order valence-electron chi connectivity index (χ2n) is 3.12. The number of hydrogen-bond acceptors (Lipinski definition) is 4. The van der Waals surface area contributed by atoms with Crippen LogP contribution in [-0.2, 0) is 13.1 Å². The summed E-state index contributed by atoms with van der Waals surface area (Å²) in [6, 6.07) is 1.70. The average molecular weight is 228 g/mol. The number of aromatic nitrogens is 3. The third kappa shape index (κ3) is 2.43. The number of imidazole rings is 1. The summed E-state index contributed by atoms with van der Waals surface area (Å²) in [7, 11) is 0. The topological polar surface area (TPSA) is 55.9 Å². The summed E-state index contributed by atoms with van der Waals surface area (Å²) < 4.78 is 30.3. The number of rotatable bonds is 5. The Bertz CT molecular complexity index is 426. The Balaban J connectivity index is 1.87. The normalized spacial score (nSPS) is 11.2. The van der Waals surface area contributed by atoms with Crippen LogP contribution in [-0.4, -0.2) is 14.7 Å². The molecular formula is C9H10F2N4O. The minimum atomic E-state index is -2.56. The van der Waals surface area contributed by atoms with Gasteiger partial charge in [0.05, 0.1) is 12.2 Å². The molecule has 0 fully saturated rings. The molecule has 0 spiro atoms. The van der Waals surface area contributed by atoms with E-state index in [4.69, 9.17) is 0 Å². The molecule has 0 saturated heterocycles. The van der Waals surface area contributed by atoms with Crippen LogP contribution in [0.2, 0.25) is 0 Å². The van der Waals surface area contributed by atoms with E-state index >= 15 is 0 Å². The maximum absolute atomic E-state index is 12.4. The zero-order valence-electron chi connectivity index (χ0n) is 8.31. The quantitative estimate of drug-likeness (QED) is 0.843. The van der Waals surface area contributed by atoms with Gasteiger partial charge in [0, 0.05) is 25.0 Å². The van der Waals surface area contributed by atoms with Crippen molar-refractivity contribution in [3.05, 3.63) is 36.2 Å². The van der Waals surface area contributed by atoms with E-state index in [2.05, 4.69) is 20.0 Å². The van der Waals surface area contributed by atoms with E-state index in [0.29, 0.717) is 12.4 Å². The van der Waals surface area contributed by atoms with Crippen molar-refractivity contribution in [2.75, 3.05) is 0 Å². The van der Waals surface area contributed by atoms with Crippen molar-refractivity contribution in [1.29, 1.82) is 0 Å². The van der Waals surface area contributed by atoms with Crippen molar-refractivity contribution >= 4 is 0 Å². The third-order valence-electron chi connectivity index (χ3n) is 2.04.